The Hall–Kier alpha value is -2.44. The lowest BCUT2D eigenvalue weighted by Gasteiger charge is -2.14. The summed E-state index contributed by atoms with van der Waals surface area (Å²) in [7, 11) is 0. The van der Waals surface area contributed by atoms with Crippen LogP contribution in [-0.4, -0.2) is 38.2 Å². The lowest BCUT2D eigenvalue weighted by molar-refractivity contribution is -0.121. The smallest absolute Gasteiger partial charge is 0.220 e. The van der Waals surface area contributed by atoms with Crippen LogP contribution < -0.4 is 25.8 Å². The van der Waals surface area contributed by atoms with Gasteiger partial charge in [0.1, 0.15) is 11.5 Å². The van der Waals surface area contributed by atoms with Crippen molar-refractivity contribution in [3.63, 3.8) is 0 Å². The zero-order valence-corrected chi connectivity index (χ0v) is 16.4. The molecule has 0 saturated heterocycles. The molecule has 1 saturated carbocycles. The van der Waals surface area contributed by atoms with Crippen LogP contribution in [0, 0.1) is 5.92 Å². The second kappa shape index (κ2) is 11.3. The number of nitrogens with zero attached hydrogens (tertiary/aromatic N) is 1. The van der Waals surface area contributed by atoms with E-state index in [-0.39, 0.29) is 11.9 Å². The summed E-state index contributed by atoms with van der Waals surface area (Å²) >= 11 is 0. The first kappa shape index (κ1) is 20.9. The first-order valence-corrected chi connectivity index (χ1v) is 9.85. The van der Waals surface area contributed by atoms with Gasteiger partial charge in [-0.1, -0.05) is 12.8 Å². The van der Waals surface area contributed by atoms with Crippen molar-refractivity contribution in [3.05, 3.63) is 18.2 Å². The van der Waals surface area contributed by atoms with Crippen LogP contribution in [0.5, 0.6) is 11.5 Å². The molecule has 1 aromatic rings. The minimum atomic E-state index is 0.103. The molecule has 0 aliphatic heterocycles. The van der Waals surface area contributed by atoms with Crippen LogP contribution in [0.2, 0.25) is 0 Å². The molecular weight excluding hydrogens is 344 g/mol. The number of guanidine groups is 1. The summed E-state index contributed by atoms with van der Waals surface area (Å²) in [6.45, 7) is 5.88. The fraction of sp³-hybridized carbons (Fsp3) is 0.600. The van der Waals surface area contributed by atoms with Gasteiger partial charge in [0.15, 0.2) is 5.96 Å². The van der Waals surface area contributed by atoms with Gasteiger partial charge in [-0.05, 0) is 44.7 Å². The molecule has 0 radical (unpaired) electrons. The van der Waals surface area contributed by atoms with E-state index in [1.165, 1.54) is 25.7 Å². The number of aliphatic imine (C=N–C) groups is 1. The zero-order valence-electron chi connectivity index (χ0n) is 16.4. The summed E-state index contributed by atoms with van der Waals surface area (Å²) in [5.41, 5.74) is 6.68. The van der Waals surface area contributed by atoms with Crippen molar-refractivity contribution in [2.45, 2.75) is 46.0 Å². The molecule has 2 rings (SSSR count). The van der Waals surface area contributed by atoms with E-state index in [1.54, 1.807) is 0 Å². The monoisotopic (exact) mass is 376 g/mol. The van der Waals surface area contributed by atoms with E-state index in [2.05, 4.69) is 15.6 Å². The van der Waals surface area contributed by atoms with Gasteiger partial charge >= 0.3 is 0 Å². The highest BCUT2D eigenvalue weighted by atomic mass is 16.5. The van der Waals surface area contributed by atoms with Crippen molar-refractivity contribution in [1.82, 2.24) is 5.32 Å². The van der Waals surface area contributed by atoms with Crippen LogP contribution in [0.4, 0.5) is 5.69 Å². The zero-order chi connectivity index (χ0) is 19.5. The molecule has 4 N–H and O–H groups in total. The number of rotatable bonds is 10. The summed E-state index contributed by atoms with van der Waals surface area (Å²) in [5.74, 6) is 2.34. The predicted molar refractivity (Wildman–Crippen MR) is 108 cm³/mol. The summed E-state index contributed by atoms with van der Waals surface area (Å²) in [5, 5.41) is 5.96. The Balaban J connectivity index is 1.81. The van der Waals surface area contributed by atoms with Gasteiger partial charge < -0.3 is 25.8 Å². The molecule has 0 bridgehead atoms. The molecule has 0 heterocycles. The summed E-state index contributed by atoms with van der Waals surface area (Å²) in [4.78, 5) is 16.2. The van der Waals surface area contributed by atoms with Gasteiger partial charge in [-0.2, -0.15) is 0 Å². The van der Waals surface area contributed by atoms with E-state index in [4.69, 9.17) is 15.2 Å². The SMILES string of the molecule is CCOc1ccc(OCC)c(NC(N)=NCCNC(=O)CC2CCCC2)c1. The molecule has 7 heteroatoms. The number of anilines is 1. The van der Waals surface area contributed by atoms with Crippen LogP contribution in [-0.2, 0) is 4.79 Å². The Morgan fingerprint density at radius 3 is 2.67 bits per heavy atom. The van der Waals surface area contributed by atoms with Crippen molar-refractivity contribution in [2.75, 3.05) is 31.6 Å². The molecule has 1 aromatic carbocycles. The highest BCUT2D eigenvalue weighted by molar-refractivity contribution is 5.94. The number of nitrogens with one attached hydrogen (secondary N) is 2. The van der Waals surface area contributed by atoms with E-state index in [0.717, 1.165) is 5.75 Å². The van der Waals surface area contributed by atoms with Gasteiger partial charge in [0.05, 0.1) is 25.4 Å². The fourth-order valence-electron chi connectivity index (χ4n) is 3.24. The first-order chi connectivity index (χ1) is 13.1. The normalized spacial score (nSPS) is 14.8. The lowest BCUT2D eigenvalue weighted by atomic mass is 10.0. The lowest BCUT2D eigenvalue weighted by Crippen LogP contribution is -2.29. The molecule has 1 amide bonds. The second-order valence-electron chi connectivity index (χ2n) is 6.62. The molecular formula is C20H32N4O3. The molecule has 0 aromatic heterocycles. The third-order valence-corrected chi connectivity index (χ3v) is 4.49. The fourth-order valence-corrected chi connectivity index (χ4v) is 3.24. The van der Waals surface area contributed by atoms with Gasteiger partial charge in [-0.25, -0.2) is 0 Å². The van der Waals surface area contributed by atoms with Gasteiger partial charge in [0.25, 0.3) is 0 Å². The van der Waals surface area contributed by atoms with E-state index < -0.39 is 0 Å². The standard InChI is InChI=1S/C20H32N4O3/c1-3-26-16-9-10-18(27-4-2)17(14-16)24-20(21)23-12-11-22-19(25)13-15-7-5-6-8-15/h9-10,14-15H,3-8,11-13H2,1-2H3,(H,22,25)(H3,21,23,24). The van der Waals surface area contributed by atoms with Crippen molar-refractivity contribution < 1.29 is 14.3 Å². The van der Waals surface area contributed by atoms with Crippen molar-refractivity contribution >= 4 is 17.6 Å². The molecule has 0 atom stereocenters. The van der Waals surface area contributed by atoms with E-state index >= 15 is 0 Å². The molecule has 1 aliphatic carbocycles. The second-order valence-corrected chi connectivity index (χ2v) is 6.62. The van der Waals surface area contributed by atoms with Crippen molar-refractivity contribution in [2.24, 2.45) is 16.6 Å². The average Bonchev–Trinajstić information content (AvgIpc) is 3.14. The maximum atomic E-state index is 11.9. The third kappa shape index (κ3) is 7.37. The van der Waals surface area contributed by atoms with Gasteiger partial charge in [0, 0.05) is 19.0 Å². The summed E-state index contributed by atoms with van der Waals surface area (Å²) < 4.78 is 11.1. The molecule has 150 valence electrons. The van der Waals surface area contributed by atoms with Crippen LogP contribution in [0.1, 0.15) is 46.0 Å². The Morgan fingerprint density at radius 2 is 1.96 bits per heavy atom. The Bertz CT molecular complexity index is 628. The maximum absolute atomic E-state index is 11.9. The molecule has 0 unspecified atom stereocenters. The van der Waals surface area contributed by atoms with Gasteiger partial charge in [0.2, 0.25) is 5.91 Å². The van der Waals surface area contributed by atoms with E-state index in [9.17, 15) is 4.79 Å². The quantitative estimate of drug-likeness (QED) is 0.331. The number of hydrogen-bond acceptors (Lipinski definition) is 4. The summed E-state index contributed by atoms with van der Waals surface area (Å²) in [6, 6.07) is 5.53. The van der Waals surface area contributed by atoms with E-state index in [1.807, 2.05) is 32.0 Å². The van der Waals surface area contributed by atoms with E-state index in [0.29, 0.717) is 50.1 Å². The predicted octanol–water partition coefficient (Wildman–Crippen LogP) is 2.91. The van der Waals surface area contributed by atoms with Crippen LogP contribution in [0.3, 0.4) is 0 Å². The molecule has 1 aliphatic rings. The largest absolute Gasteiger partial charge is 0.494 e. The molecule has 0 spiro atoms. The Morgan fingerprint density at radius 1 is 1.22 bits per heavy atom. The number of amides is 1. The first-order valence-electron chi connectivity index (χ1n) is 9.85. The highest BCUT2D eigenvalue weighted by Crippen LogP contribution is 2.29. The van der Waals surface area contributed by atoms with Crippen molar-refractivity contribution in [3.8, 4) is 11.5 Å². The Kier molecular flexibility index (Phi) is 8.74. The van der Waals surface area contributed by atoms with Crippen molar-refractivity contribution in [1.29, 1.82) is 0 Å². The minimum Gasteiger partial charge on any atom is -0.494 e. The number of carbonyl (C=O) groups excluding carboxylic acids is 1. The topological polar surface area (TPSA) is 98.0 Å². The number of benzene rings is 1. The number of nitrogens with two attached hydrogens (primary N) is 1. The average molecular weight is 377 g/mol. The van der Waals surface area contributed by atoms with Gasteiger partial charge in [-0.3, -0.25) is 9.79 Å². The Labute approximate surface area is 161 Å². The third-order valence-electron chi connectivity index (χ3n) is 4.49. The van der Waals surface area contributed by atoms with Gasteiger partial charge in [-0.15, -0.1) is 0 Å². The van der Waals surface area contributed by atoms with Crippen LogP contribution >= 0.6 is 0 Å². The number of carbonyl (C=O) groups is 1. The molecule has 7 nitrogen and oxygen atoms in total. The van der Waals surface area contributed by atoms with Crippen LogP contribution in [0.25, 0.3) is 0 Å². The summed E-state index contributed by atoms with van der Waals surface area (Å²) in [6.07, 6.45) is 5.47. The molecule has 27 heavy (non-hydrogen) atoms. The minimum absolute atomic E-state index is 0.103. The number of hydrogen-bond donors (Lipinski definition) is 3. The molecule has 1 fully saturated rings. The van der Waals surface area contributed by atoms with Crippen LogP contribution in [0.15, 0.2) is 23.2 Å². The maximum Gasteiger partial charge on any atom is 0.220 e. The highest BCUT2D eigenvalue weighted by Gasteiger charge is 2.17. The number of ether oxygens (including phenoxy) is 2.